The number of nitrogens with one attached hydrogen (secondary N) is 1. The Labute approximate surface area is 168 Å². The van der Waals surface area contributed by atoms with Crippen LogP contribution < -0.4 is 10.1 Å². The van der Waals surface area contributed by atoms with Crippen molar-refractivity contribution in [2.24, 2.45) is 0 Å². The number of anilines is 1. The molecule has 2 aromatic rings. The van der Waals surface area contributed by atoms with E-state index in [1.54, 1.807) is 0 Å². The zero-order chi connectivity index (χ0) is 21.2. The van der Waals surface area contributed by atoms with Crippen LogP contribution in [0.2, 0.25) is 0 Å². The first kappa shape index (κ1) is 21.2. The van der Waals surface area contributed by atoms with E-state index in [1.807, 2.05) is 0 Å². The summed E-state index contributed by atoms with van der Waals surface area (Å²) < 4.78 is 51.1. The van der Waals surface area contributed by atoms with Gasteiger partial charge in [0.2, 0.25) is 10.0 Å². The fourth-order valence-electron chi connectivity index (χ4n) is 2.99. The SMILES string of the molecule is COc1ccc(S(=O)(=O)N(C)C2CCOC2)cc1C(=O)Nc1ccc(F)c(C)n1. The first-order chi connectivity index (χ1) is 13.7. The molecule has 1 fully saturated rings. The van der Waals surface area contributed by atoms with Crippen LogP contribution in [0.5, 0.6) is 5.75 Å². The Kier molecular flexibility index (Phi) is 6.15. The van der Waals surface area contributed by atoms with E-state index in [9.17, 15) is 17.6 Å². The van der Waals surface area contributed by atoms with Gasteiger partial charge in [-0.25, -0.2) is 17.8 Å². The Morgan fingerprint density at radius 3 is 2.72 bits per heavy atom. The van der Waals surface area contributed by atoms with E-state index in [4.69, 9.17) is 9.47 Å². The van der Waals surface area contributed by atoms with Crippen molar-refractivity contribution in [1.82, 2.24) is 9.29 Å². The molecular weight excluding hydrogens is 401 g/mol. The maximum atomic E-state index is 13.4. The second kappa shape index (κ2) is 8.44. The molecule has 1 aliphatic heterocycles. The minimum absolute atomic E-state index is 0.0217. The molecule has 1 aliphatic rings. The lowest BCUT2D eigenvalue weighted by Gasteiger charge is -2.23. The van der Waals surface area contributed by atoms with Gasteiger partial charge < -0.3 is 14.8 Å². The Bertz CT molecular complexity index is 1020. The first-order valence-corrected chi connectivity index (χ1v) is 10.4. The van der Waals surface area contributed by atoms with Gasteiger partial charge in [-0.15, -0.1) is 0 Å². The number of likely N-dealkylation sites (N-methyl/N-ethyl adjacent to an activating group) is 1. The summed E-state index contributed by atoms with van der Waals surface area (Å²) in [5, 5.41) is 2.54. The van der Waals surface area contributed by atoms with Crippen molar-refractivity contribution in [3.8, 4) is 5.75 Å². The minimum Gasteiger partial charge on any atom is -0.496 e. The number of nitrogens with zero attached hydrogens (tertiary/aromatic N) is 2. The topological polar surface area (TPSA) is 97.8 Å². The Balaban J connectivity index is 1.91. The number of aryl methyl sites for hydroxylation is 1. The first-order valence-electron chi connectivity index (χ1n) is 8.92. The number of sulfonamides is 1. The number of pyridine rings is 1. The number of rotatable bonds is 6. The van der Waals surface area contributed by atoms with Crippen molar-refractivity contribution >= 4 is 21.7 Å². The maximum Gasteiger partial charge on any atom is 0.260 e. The van der Waals surface area contributed by atoms with Crippen LogP contribution >= 0.6 is 0 Å². The fourth-order valence-corrected chi connectivity index (χ4v) is 4.39. The Morgan fingerprint density at radius 2 is 2.10 bits per heavy atom. The number of aromatic nitrogens is 1. The van der Waals surface area contributed by atoms with Gasteiger partial charge in [0.25, 0.3) is 5.91 Å². The molecule has 1 unspecified atom stereocenters. The molecule has 1 saturated heterocycles. The number of ether oxygens (including phenoxy) is 2. The third kappa shape index (κ3) is 4.39. The van der Waals surface area contributed by atoms with E-state index >= 15 is 0 Å². The van der Waals surface area contributed by atoms with Crippen LogP contribution in [0.3, 0.4) is 0 Å². The average molecular weight is 423 g/mol. The molecule has 1 amide bonds. The monoisotopic (exact) mass is 423 g/mol. The number of carbonyl (C=O) groups excluding carboxylic acids is 1. The molecule has 0 bridgehead atoms. The van der Waals surface area contributed by atoms with Gasteiger partial charge >= 0.3 is 0 Å². The van der Waals surface area contributed by atoms with Gasteiger partial charge in [-0.1, -0.05) is 0 Å². The third-order valence-electron chi connectivity index (χ3n) is 4.78. The van der Waals surface area contributed by atoms with Crippen molar-refractivity contribution in [2.75, 3.05) is 32.7 Å². The average Bonchev–Trinajstić information content (AvgIpc) is 3.24. The molecule has 156 valence electrons. The molecule has 0 radical (unpaired) electrons. The van der Waals surface area contributed by atoms with Gasteiger partial charge in [0.15, 0.2) is 0 Å². The smallest absolute Gasteiger partial charge is 0.260 e. The summed E-state index contributed by atoms with van der Waals surface area (Å²) in [4.78, 5) is 16.7. The van der Waals surface area contributed by atoms with Gasteiger partial charge in [-0.2, -0.15) is 4.31 Å². The van der Waals surface area contributed by atoms with E-state index in [-0.39, 0.29) is 33.8 Å². The van der Waals surface area contributed by atoms with Crippen molar-refractivity contribution in [3.63, 3.8) is 0 Å². The van der Waals surface area contributed by atoms with Crippen LogP contribution in [-0.2, 0) is 14.8 Å². The van der Waals surface area contributed by atoms with Crippen molar-refractivity contribution in [1.29, 1.82) is 0 Å². The molecule has 0 saturated carbocycles. The van der Waals surface area contributed by atoms with E-state index in [1.165, 1.54) is 55.7 Å². The van der Waals surface area contributed by atoms with Gasteiger partial charge in [-0.3, -0.25) is 4.79 Å². The van der Waals surface area contributed by atoms with Crippen LogP contribution in [0, 0.1) is 12.7 Å². The Hall–Kier alpha value is -2.56. The molecule has 2 heterocycles. The number of methoxy groups -OCH3 is 1. The van der Waals surface area contributed by atoms with Gasteiger partial charge in [0.1, 0.15) is 17.4 Å². The lowest BCUT2D eigenvalue weighted by Crippen LogP contribution is -2.37. The second-order valence-corrected chi connectivity index (χ2v) is 8.62. The quantitative estimate of drug-likeness (QED) is 0.765. The highest BCUT2D eigenvalue weighted by Gasteiger charge is 2.31. The van der Waals surface area contributed by atoms with Crippen LogP contribution in [0.1, 0.15) is 22.5 Å². The van der Waals surface area contributed by atoms with E-state index in [2.05, 4.69) is 10.3 Å². The third-order valence-corrected chi connectivity index (χ3v) is 6.68. The summed E-state index contributed by atoms with van der Waals surface area (Å²) in [5.74, 6) is -0.770. The number of amides is 1. The number of halogens is 1. The normalized spacial score (nSPS) is 16.8. The minimum atomic E-state index is -3.84. The molecule has 1 N–H and O–H groups in total. The predicted octanol–water partition coefficient (Wildman–Crippen LogP) is 2.20. The number of benzene rings is 1. The largest absolute Gasteiger partial charge is 0.496 e. The maximum absolute atomic E-state index is 13.4. The predicted molar refractivity (Wildman–Crippen MR) is 104 cm³/mol. The molecule has 10 heteroatoms. The van der Waals surface area contributed by atoms with Crippen molar-refractivity contribution in [3.05, 3.63) is 47.4 Å². The lowest BCUT2D eigenvalue weighted by atomic mass is 10.2. The highest BCUT2D eigenvalue weighted by atomic mass is 32.2. The van der Waals surface area contributed by atoms with Crippen molar-refractivity contribution < 1.29 is 27.1 Å². The van der Waals surface area contributed by atoms with Crippen LogP contribution in [0.15, 0.2) is 35.2 Å². The molecule has 8 nitrogen and oxygen atoms in total. The Morgan fingerprint density at radius 1 is 1.34 bits per heavy atom. The molecule has 1 atom stereocenters. The number of carbonyl (C=O) groups is 1. The fraction of sp³-hybridized carbons (Fsp3) is 0.368. The summed E-state index contributed by atoms with van der Waals surface area (Å²) in [7, 11) is -0.969. The van der Waals surface area contributed by atoms with Gasteiger partial charge in [-0.05, 0) is 43.7 Å². The molecule has 0 aliphatic carbocycles. The lowest BCUT2D eigenvalue weighted by molar-refractivity contribution is 0.102. The van der Waals surface area contributed by atoms with Crippen molar-refractivity contribution in [2.45, 2.75) is 24.3 Å². The summed E-state index contributed by atoms with van der Waals surface area (Å²) in [6.07, 6.45) is 0.606. The summed E-state index contributed by atoms with van der Waals surface area (Å²) in [5.41, 5.74) is 0.153. The van der Waals surface area contributed by atoms with E-state index < -0.39 is 21.7 Å². The molecule has 29 heavy (non-hydrogen) atoms. The van der Waals surface area contributed by atoms with Crippen LogP contribution in [-0.4, -0.2) is 57.0 Å². The zero-order valence-electron chi connectivity index (χ0n) is 16.3. The summed E-state index contributed by atoms with van der Waals surface area (Å²) in [6, 6.07) is 6.31. The van der Waals surface area contributed by atoms with E-state index in [0.717, 1.165) is 0 Å². The molecule has 3 rings (SSSR count). The van der Waals surface area contributed by atoms with Gasteiger partial charge in [0, 0.05) is 13.7 Å². The van der Waals surface area contributed by atoms with Gasteiger partial charge in [0.05, 0.1) is 35.9 Å². The van der Waals surface area contributed by atoms with Crippen LogP contribution in [0.25, 0.3) is 0 Å². The molecule has 1 aromatic carbocycles. The number of hydrogen-bond acceptors (Lipinski definition) is 6. The highest BCUT2D eigenvalue weighted by molar-refractivity contribution is 7.89. The molecule has 1 aromatic heterocycles. The highest BCUT2D eigenvalue weighted by Crippen LogP contribution is 2.27. The molecular formula is C19H22FN3O5S. The van der Waals surface area contributed by atoms with Crippen LogP contribution in [0.4, 0.5) is 10.2 Å². The zero-order valence-corrected chi connectivity index (χ0v) is 17.1. The van der Waals surface area contributed by atoms with E-state index in [0.29, 0.717) is 19.6 Å². The summed E-state index contributed by atoms with van der Waals surface area (Å²) >= 11 is 0. The second-order valence-electron chi connectivity index (χ2n) is 6.62. The standard InChI is InChI=1S/C19H22FN3O5S/c1-12-16(20)5-7-18(21-12)22-19(24)15-10-14(4-6-17(15)27-3)29(25,26)23(2)13-8-9-28-11-13/h4-7,10,13H,8-9,11H2,1-3H3,(H,21,22,24). The molecule has 0 spiro atoms. The number of hydrogen-bond donors (Lipinski definition) is 1. The summed E-state index contributed by atoms with van der Waals surface area (Å²) in [6.45, 7) is 2.31.